The van der Waals surface area contributed by atoms with E-state index in [4.69, 9.17) is 0 Å². The lowest BCUT2D eigenvalue weighted by Crippen LogP contribution is -2.41. The number of hydrogen-bond acceptors (Lipinski definition) is 2. The maximum absolute atomic E-state index is 11.8. The van der Waals surface area contributed by atoms with Gasteiger partial charge in [-0.15, -0.1) is 0 Å². The van der Waals surface area contributed by atoms with Crippen LogP contribution in [0.4, 0.5) is 0 Å². The smallest absolute Gasteiger partial charge is 0.222 e. The van der Waals surface area contributed by atoms with Crippen LogP contribution in [-0.2, 0) is 4.79 Å². The van der Waals surface area contributed by atoms with Crippen LogP contribution in [0, 0.1) is 5.92 Å². The van der Waals surface area contributed by atoms with Gasteiger partial charge in [0.1, 0.15) is 0 Å². The van der Waals surface area contributed by atoms with Crippen molar-refractivity contribution >= 4 is 5.91 Å². The molecule has 1 saturated heterocycles. The lowest BCUT2D eigenvalue weighted by molar-refractivity contribution is -0.132. The molecule has 0 aromatic carbocycles. The average molecular weight is 240 g/mol. The molecule has 1 fully saturated rings. The minimum absolute atomic E-state index is 0.363. The lowest BCUT2D eigenvalue weighted by atomic mass is 9.96. The van der Waals surface area contributed by atoms with Crippen LogP contribution in [0.2, 0.25) is 0 Å². The number of carbonyl (C=O) groups excluding carboxylic acids is 1. The first-order valence-corrected chi connectivity index (χ1v) is 7.14. The molecule has 1 aliphatic heterocycles. The molecule has 17 heavy (non-hydrogen) atoms. The lowest BCUT2D eigenvalue weighted by Gasteiger charge is -2.32. The highest BCUT2D eigenvalue weighted by Gasteiger charge is 2.22. The third-order valence-corrected chi connectivity index (χ3v) is 3.53. The summed E-state index contributed by atoms with van der Waals surface area (Å²) in [6, 6.07) is 0.569. The topological polar surface area (TPSA) is 32.3 Å². The molecule has 1 heterocycles. The number of hydrogen-bond donors (Lipinski definition) is 1. The fourth-order valence-electron chi connectivity index (χ4n) is 2.27. The Morgan fingerprint density at radius 1 is 1.35 bits per heavy atom. The Balaban J connectivity index is 2.18. The SMILES string of the molecule is CCCCC(=O)N1CCC(CNC(C)C)CC1. The van der Waals surface area contributed by atoms with Gasteiger partial charge in [-0.25, -0.2) is 0 Å². The summed E-state index contributed by atoms with van der Waals surface area (Å²) < 4.78 is 0. The number of likely N-dealkylation sites (tertiary alicyclic amines) is 1. The number of carbonyl (C=O) groups is 1. The van der Waals surface area contributed by atoms with Crippen molar-refractivity contribution in [1.29, 1.82) is 0 Å². The number of nitrogens with one attached hydrogen (secondary N) is 1. The zero-order valence-corrected chi connectivity index (χ0v) is 11.7. The molecule has 3 nitrogen and oxygen atoms in total. The van der Waals surface area contributed by atoms with Crippen molar-refractivity contribution in [2.24, 2.45) is 5.92 Å². The summed E-state index contributed by atoms with van der Waals surface area (Å²) in [4.78, 5) is 13.9. The first-order chi connectivity index (χ1) is 8.13. The maximum atomic E-state index is 11.8. The van der Waals surface area contributed by atoms with E-state index >= 15 is 0 Å². The van der Waals surface area contributed by atoms with Gasteiger partial charge in [-0.05, 0) is 31.7 Å². The Bertz CT molecular complexity index is 220. The highest BCUT2D eigenvalue weighted by molar-refractivity contribution is 5.76. The van der Waals surface area contributed by atoms with Gasteiger partial charge in [-0.3, -0.25) is 4.79 Å². The van der Waals surface area contributed by atoms with Crippen LogP contribution in [-0.4, -0.2) is 36.5 Å². The zero-order valence-electron chi connectivity index (χ0n) is 11.7. The standard InChI is InChI=1S/C14H28N2O/c1-4-5-6-14(17)16-9-7-13(8-10-16)11-15-12(2)3/h12-13,15H,4-11H2,1-3H3. The molecule has 0 saturated carbocycles. The summed E-state index contributed by atoms with van der Waals surface area (Å²) in [7, 11) is 0. The van der Waals surface area contributed by atoms with E-state index in [0.29, 0.717) is 11.9 Å². The van der Waals surface area contributed by atoms with Crippen molar-refractivity contribution in [1.82, 2.24) is 10.2 Å². The average Bonchev–Trinajstić information content (AvgIpc) is 2.34. The summed E-state index contributed by atoms with van der Waals surface area (Å²) in [6.45, 7) is 9.54. The van der Waals surface area contributed by atoms with Crippen molar-refractivity contribution in [2.45, 2.75) is 58.9 Å². The van der Waals surface area contributed by atoms with Crippen molar-refractivity contribution in [3.63, 3.8) is 0 Å². The number of amides is 1. The first-order valence-electron chi connectivity index (χ1n) is 7.14. The fourth-order valence-corrected chi connectivity index (χ4v) is 2.27. The van der Waals surface area contributed by atoms with Crippen molar-refractivity contribution in [3.05, 3.63) is 0 Å². The van der Waals surface area contributed by atoms with Gasteiger partial charge in [0.2, 0.25) is 5.91 Å². The van der Waals surface area contributed by atoms with Crippen molar-refractivity contribution in [3.8, 4) is 0 Å². The molecule has 0 aromatic rings. The number of unbranched alkanes of at least 4 members (excludes halogenated alkanes) is 1. The van der Waals surface area contributed by atoms with E-state index in [9.17, 15) is 4.79 Å². The zero-order chi connectivity index (χ0) is 12.7. The normalized spacial score (nSPS) is 17.8. The molecule has 1 N–H and O–H groups in total. The summed E-state index contributed by atoms with van der Waals surface area (Å²) in [5, 5.41) is 3.49. The van der Waals surface area contributed by atoms with Gasteiger partial charge in [-0.2, -0.15) is 0 Å². The van der Waals surface area contributed by atoms with Crippen LogP contribution < -0.4 is 5.32 Å². The molecule has 0 bridgehead atoms. The molecule has 1 rings (SSSR count). The fraction of sp³-hybridized carbons (Fsp3) is 0.929. The molecular weight excluding hydrogens is 212 g/mol. The van der Waals surface area contributed by atoms with Crippen LogP contribution in [0.5, 0.6) is 0 Å². The van der Waals surface area contributed by atoms with E-state index in [0.717, 1.165) is 57.7 Å². The van der Waals surface area contributed by atoms with Crippen molar-refractivity contribution < 1.29 is 4.79 Å². The van der Waals surface area contributed by atoms with Gasteiger partial charge in [-0.1, -0.05) is 27.2 Å². The maximum Gasteiger partial charge on any atom is 0.222 e. The Kier molecular flexibility index (Phi) is 6.56. The predicted octanol–water partition coefficient (Wildman–Crippen LogP) is 2.41. The molecule has 100 valence electrons. The highest BCUT2D eigenvalue weighted by Crippen LogP contribution is 2.17. The molecule has 0 aromatic heterocycles. The Morgan fingerprint density at radius 2 is 2.00 bits per heavy atom. The highest BCUT2D eigenvalue weighted by atomic mass is 16.2. The molecule has 0 unspecified atom stereocenters. The summed E-state index contributed by atoms with van der Waals surface area (Å²) >= 11 is 0. The first kappa shape index (κ1) is 14.5. The van der Waals surface area contributed by atoms with Crippen LogP contribution in [0.15, 0.2) is 0 Å². The predicted molar refractivity (Wildman–Crippen MR) is 72.0 cm³/mol. The van der Waals surface area contributed by atoms with E-state index in [-0.39, 0.29) is 0 Å². The molecular formula is C14H28N2O. The monoisotopic (exact) mass is 240 g/mol. The van der Waals surface area contributed by atoms with Crippen LogP contribution in [0.25, 0.3) is 0 Å². The van der Waals surface area contributed by atoms with E-state index in [1.807, 2.05) is 0 Å². The molecule has 0 spiro atoms. The minimum Gasteiger partial charge on any atom is -0.343 e. The Hall–Kier alpha value is -0.570. The van der Waals surface area contributed by atoms with Gasteiger partial charge in [0, 0.05) is 25.6 Å². The molecule has 0 radical (unpaired) electrons. The Morgan fingerprint density at radius 3 is 2.53 bits per heavy atom. The summed E-state index contributed by atoms with van der Waals surface area (Å²) in [5.74, 6) is 1.12. The van der Waals surface area contributed by atoms with Crippen LogP contribution >= 0.6 is 0 Å². The Labute approximate surface area is 106 Å². The van der Waals surface area contributed by atoms with Crippen LogP contribution in [0.1, 0.15) is 52.9 Å². The van der Waals surface area contributed by atoms with E-state index in [1.165, 1.54) is 0 Å². The molecule has 0 aliphatic carbocycles. The van der Waals surface area contributed by atoms with E-state index < -0.39 is 0 Å². The van der Waals surface area contributed by atoms with Gasteiger partial charge >= 0.3 is 0 Å². The van der Waals surface area contributed by atoms with Gasteiger partial charge < -0.3 is 10.2 Å². The van der Waals surface area contributed by atoms with Gasteiger partial charge in [0.05, 0.1) is 0 Å². The van der Waals surface area contributed by atoms with E-state index in [1.54, 1.807) is 0 Å². The quantitative estimate of drug-likeness (QED) is 0.773. The van der Waals surface area contributed by atoms with Gasteiger partial charge in [0.15, 0.2) is 0 Å². The minimum atomic E-state index is 0.363. The second kappa shape index (κ2) is 7.70. The number of nitrogens with zero attached hydrogens (tertiary/aromatic N) is 1. The second-order valence-corrected chi connectivity index (χ2v) is 5.49. The van der Waals surface area contributed by atoms with Gasteiger partial charge in [0.25, 0.3) is 0 Å². The van der Waals surface area contributed by atoms with Crippen molar-refractivity contribution in [2.75, 3.05) is 19.6 Å². The van der Waals surface area contributed by atoms with Crippen LogP contribution in [0.3, 0.4) is 0 Å². The summed E-state index contributed by atoms with van der Waals surface area (Å²) in [6.07, 6.45) is 5.22. The molecule has 1 aliphatic rings. The second-order valence-electron chi connectivity index (χ2n) is 5.49. The third kappa shape index (κ3) is 5.53. The molecule has 3 heteroatoms. The summed E-state index contributed by atoms with van der Waals surface area (Å²) in [5.41, 5.74) is 0. The largest absolute Gasteiger partial charge is 0.343 e. The number of piperidine rings is 1. The number of rotatable bonds is 6. The van der Waals surface area contributed by atoms with E-state index in [2.05, 4.69) is 31.0 Å². The molecule has 0 atom stereocenters. The molecule has 1 amide bonds. The third-order valence-electron chi connectivity index (χ3n) is 3.53.